The highest BCUT2D eigenvalue weighted by Gasteiger charge is 2.27. The maximum absolute atomic E-state index is 12.8. The predicted octanol–water partition coefficient (Wildman–Crippen LogP) is 4.81. The van der Waals surface area contributed by atoms with Crippen molar-refractivity contribution in [1.82, 2.24) is 5.32 Å². The second-order valence-electron chi connectivity index (χ2n) is 7.02. The highest BCUT2D eigenvalue weighted by Crippen LogP contribution is 2.37. The molecule has 0 aliphatic heterocycles. The average Bonchev–Trinajstić information content (AvgIpc) is 2.89. The summed E-state index contributed by atoms with van der Waals surface area (Å²) in [7, 11) is 0. The molecule has 6 nitrogen and oxygen atoms in total. The van der Waals surface area contributed by atoms with Crippen LogP contribution in [0.4, 0.5) is 9.80 Å². The Morgan fingerprint density at radius 1 is 1.10 bits per heavy atom. The van der Waals surface area contributed by atoms with Gasteiger partial charge in [0.25, 0.3) is 5.91 Å². The minimum atomic E-state index is -0.776. The van der Waals surface area contributed by atoms with E-state index in [0.29, 0.717) is 10.6 Å². The Balaban J connectivity index is 1.80. The average molecular weight is 447 g/mol. The first-order valence-corrected chi connectivity index (χ1v) is 12.1. The topological polar surface area (TPSA) is 84.5 Å². The van der Waals surface area contributed by atoms with Gasteiger partial charge in [-0.05, 0) is 62.1 Å². The molecule has 0 saturated carbocycles. The Morgan fingerprint density at radius 2 is 1.83 bits per heavy atom. The molecule has 8 heteroatoms. The zero-order chi connectivity index (χ0) is 21.5. The Morgan fingerprint density at radius 3 is 2.53 bits per heavy atom. The number of carbonyl (C=O) groups excluding carboxylic acids is 3. The van der Waals surface area contributed by atoms with Gasteiger partial charge in [-0.3, -0.25) is 14.9 Å². The van der Waals surface area contributed by atoms with Crippen molar-refractivity contribution in [1.29, 1.82) is 0 Å². The second-order valence-corrected chi connectivity index (χ2v) is 9.00. The molecule has 3 rings (SSSR count). The molecule has 160 valence electrons. The van der Waals surface area contributed by atoms with Crippen LogP contribution in [-0.4, -0.2) is 30.8 Å². The van der Waals surface area contributed by atoms with E-state index in [9.17, 15) is 14.4 Å². The van der Waals surface area contributed by atoms with Crippen LogP contribution in [-0.2, 0) is 28.8 Å². The Kier molecular flexibility index (Phi) is 7.93. The lowest BCUT2D eigenvalue weighted by molar-refractivity contribution is -0.115. The van der Waals surface area contributed by atoms with Gasteiger partial charge in [0.1, 0.15) is 5.00 Å². The Bertz CT molecular complexity index is 922. The van der Waals surface area contributed by atoms with Crippen molar-refractivity contribution >= 4 is 46.0 Å². The number of benzene rings is 1. The van der Waals surface area contributed by atoms with Crippen molar-refractivity contribution in [3.63, 3.8) is 0 Å². The minimum absolute atomic E-state index is 0.180. The fourth-order valence-corrected chi connectivity index (χ4v) is 5.20. The predicted molar refractivity (Wildman–Crippen MR) is 121 cm³/mol. The molecule has 2 N–H and O–H groups in total. The Hall–Kier alpha value is -2.32. The molecule has 3 amide bonds. The molecule has 0 bridgehead atoms. The summed E-state index contributed by atoms with van der Waals surface area (Å²) in [5.74, 6) is -0.707. The number of anilines is 1. The van der Waals surface area contributed by atoms with E-state index in [-0.39, 0.29) is 18.9 Å². The number of aryl methyl sites for hydroxylation is 1. The summed E-state index contributed by atoms with van der Waals surface area (Å²) in [6.45, 7) is 1.86. The van der Waals surface area contributed by atoms with E-state index in [4.69, 9.17) is 4.74 Å². The number of rotatable bonds is 6. The largest absolute Gasteiger partial charge is 0.450 e. The number of carbonyl (C=O) groups is 3. The van der Waals surface area contributed by atoms with E-state index >= 15 is 0 Å². The van der Waals surface area contributed by atoms with Crippen LogP contribution in [0.3, 0.4) is 0 Å². The number of nitrogens with one attached hydrogen (secondary N) is 2. The molecule has 2 aromatic rings. The van der Waals surface area contributed by atoms with Crippen molar-refractivity contribution in [2.24, 2.45) is 0 Å². The molecule has 1 aliphatic carbocycles. The quantitative estimate of drug-likeness (QED) is 0.492. The van der Waals surface area contributed by atoms with Gasteiger partial charge in [0.15, 0.2) is 0 Å². The Labute approximate surface area is 184 Å². The number of alkyl carbamates (subject to hydrolysis) is 1. The number of amides is 3. The number of thioether (sulfide) groups is 1. The normalized spacial score (nSPS) is 13.1. The van der Waals surface area contributed by atoms with Gasteiger partial charge in [-0.2, -0.15) is 0 Å². The van der Waals surface area contributed by atoms with E-state index in [0.717, 1.165) is 53.0 Å². The van der Waals surface area contributed by atoms with E-state index < -0.39 is 12.0 Å². The van der Waals surface area contributed by atoms with Gasteiger partial charge in [0.2, 0.25) is 5.91 Å². The highest BCUT2D eigenvalue weighted by atomic mass is 32.2. The number of hydrogen-bond acceptors (Lipinski definition) is 6. The van der Waals surface area contributed by atoms with Gasteiger partial charge in [-0.1, -0.05) is 18.6 Å². The molecule has 1 aromatic heterocycles. The molecule has 0 unspecified atom stereocenters. The fourth-order valence-electron chi connectivity index (χ4n) is 3.49. The molecule has 0 fully saturated rings. The molecule has 0 radical (unpaired) electrons. The molecule has 1 heterocycles. The molecule has 0 saturated heterocycles. The van der Waals surface area contributed by atoms with E-state index in [1.54, 1.807) is 18.7 Å². The van der Waals surface area contributed by atoms with Gasteiger partial charge >= 0.3 is 6.09 Å². The minimum Gasteiger partial charge on any atom is -0.450 e. The number of imide groups is 1. The summed E-state index contributed by atoms with van der Waals surface area (Å²) < 4.78 is 4.84. The lowest BCUT2D eigenvalue weighted by Crippen LogP contribution is -2.32. The molecule has 30 heavy (non-hydrogen) atoms. The fraction of sp³-hybridized carbons (Fsp3) is 0.409. The SMILES string of the molecule is CCOC(=O)NC(=O)c1c(NC(=O)Cc2ccc(SC)cc2)sc2c1CCCCC2. The third-order valence-electron chi connectivity index (χ3n) is 4.92. The van der Waals surface area contributed by atoms with Gasteiger partial charge in [-0.25, -0.2) is 4.79 Å². The van der Waals surface area contributed by atoms with Gasteiger partial charge < -0.3 is 10.1 Å². The van der Waals surface area contributed by atoms with E-state index in [1.807, 2.05) is 30.5 Å². The van der Waals surface area contributed by atoms with Crippen molar-refractivity contribution in [3.05, 3.63) is 45.8 Å². The summed E-state index contributed by atoms with van der Waals surface area (Å²) in [4.78, 5) is 39.6. The molecule has 0 spiro atoms. The zero-order valence-electron chi connectivity index (χ0n) is 17.2. The third kappa shape index (κ3) is 5.64. The zero-order valence-corrected chi connectivity index (χ0v) is 18.8. The van der Waals surface area contributed by atoms with Crippen molar-refractivity contribution in [3.8, 4) is 0 Å². The first-order chi connectivity index (χ1) is 14.5. The van der Waals surface area contributed by atoms with Gasteiger partial charge in [0, 0.05) is 9.77 Å². The first kappa shape index (κ1) is 22.4. The monoisotopic (exact) mass is 446 g/mol. The molecule has 1 aromatic carbocycles. The van der Waals surface area contributed by atoms with Crippen LogP contribution in [0.15, 0.2) is 29.2 Å². The van der Waals surface area contributed by atoms with Crippen LogP contribution in [0.1, 0.15) is 52.5 Å². The van der Waals surface area contributed by atoms with Crippen LogP contribution < -0.4 is 10.6 Å². The highest BCUT2D eigenvalue weighted by molar-refractivity contribution is 7.98. The summed E-state index contributed by atoms with van der Waals surface area (Å²) in [6.07, 6.45) is 6.24. The number of ether oxygens (including phenoxy) is 1. The number of fused-ring (bicyclic) bond motifs is 1. The van der Waals surface area contributed by atoms with Crippen LogP contribution in [0.5, 0.6) is 0 Å². The maximum atomic E-state index is 12.8. The summed E-state index contributed by atoms with van der Waals surface area (Å²) >= 11 is 3.09. The number of thiophene rings is 1. The first-order valence-electron chi connectivity index (χ1n) is 10.1. The van der Waals surface area contributed by atoms with Crippen molar-refractivity contribution in [2.45, 2.75) is 50.3 Å². The van der Waals surface area contributed by atoms with E-state index in [2.05, 4.69) is 10.6 Å². The second kappa shape index (κ2) is 10.6. The molecule has 1 aliphatic rings. The summed E-state index contributed by atoms with van der Waals surface area (Å²) in [5.41, 5.74) is 2.25. The molecular formula is C22H26N2O4S2. The standard InChI is InChI=1S/C22H26N2O4S2/c1-3-28-22(27)24-20(26)19-16-7-5-4-6-8-17(16)30-21(19)23-18(25)13-14-9-11-15(29-2)12-10-14/h9-12H,3-8,13H2,1-2H3,(H,23,25)(H,24,26,27). The molecular weight excluding hydrogens is 420 g/mol. The van der Waals surface area contributed by atoms with E-state index in [1.165, 1.54) is 11.3 Å². The summed E-state index contributed by atoms with van der Waals surface area (Å²) in [5, 5.41) is 5.70. The lowest BCUT2D eigenvalue weighted by Gasteiger charge is -2.10. The third-order valence-corrected chi connectivity index (χ3v) is 6.87. The van der Waals surface area contributed by atoms with Crippen LogP contribution in [0, 0.1) is 0 Å². The van der Waals surface area contributed by atoms with Gasteiger partial charge in [-0.15, -0.1) is 23.1 Å². The van der Waals surface area contributed by atoms with Crippen LogP contribution in [0.2, 0.25) is 0 Å². The smallest absolute Gasteiger partial charge is 0.414 e. The maximum Gasteiger partial charge on any atom is 0.414 e. The van der Waals surface area contributed by atoms with Crippen LogP contribution in [0.25, 0.3) is 0 Å². The van der Waals surface area contributed by atoms with Gasteiger partial charge in [0.05, 0.1) is 18.6 Å². The molecule has 0 atom stereocenters. The summed E-state index contributed by atoms with van der Waals surface area (Å²) in [6, 6.07) is 7.84. The van der Waals surface area contributed by atoms with Crippen LogP contribution >= 0.6 is 23.1 Å². The lowest BCUT2D eigenvalue weighted by atomic mass is 10.0. The number of hydrogen-bond donors (Lipinski definition) is 2. The van der Waals surface area contributed by atoms with Crippen molar-refractivity contribution < 1.29 is 19.1 Å². The van der Waals surface area contributed by atoms with Crippen molar-refractivity contribution in [2.75, 3.05) is 18.2 Å².